The molecule has 0 unspecified atom stereocenters. The molecule has 56 valence electrons. The monoisotopic (exact) mass is 139 g/mol. The smallest absolute Gasteiger partial charge is 0.160 e. The number of hydrogen-bond donors (Lipinski definition) is 1. The summed E-state index contributed by atoms with van der Waals surface area (Å²) in [6.45, 7) is 2.91. The van der Waals surface area contributed by atoms with Gasteiger partial charge in [-0.2, -0.15) is 0 Å². The highest BCUT2D eigenvalue weighted by Gasteiger charge is 2.08. The summed E-state index contributed by atoms with van der Waals surface area (Å²) < 4.78 is 0. The van der Waals surface area contributed by atoms with Crippen molar-refractivity contribution in [1.29, 1.82) is 0 Å². The molecule has 0 aromatic heterocycles. The Kier molecular flexibility index (Phi) is 2.49. The van der Waals surface area contributed by atoms with Gasteiger partial charge in [-0.25, -0.2) is 0 Å². The van der Waals surface area contributed by atoms with E-state index in [1.807, 2.05) is 13.1 Å². The van der Waals surface area contributed by atoms with Gasteiger partial charge in [-0.1, -0.05) is 6.92 Å². The summed E-state index contributed by atoms with van der Waals surface area (Å²) in [6.07, 6.45) is 4.54. The summed E-state index contributed by atoms with van der Waals surface area (Å²) in [6, 6.07) is 0. The lowest BCUT2D eigenvalue weighted by Gasteiger charge is -2.11. The second-order valence-electron chi connectivity index (χ2n) is 2.50. The molecule has 0 saturated heterocycles. The van der Waals surface area contributed by atoms with Crippen molar-refractivity contribution in [2.75, 3.05) is 6.54 Å². The van der Waals surface area contributed by atoms with Crippen LogP contribution in [0.3, 0.4) is 0 Å². The van der Waals surface area contributed by atoms with Crippen LogP contribution in [0.4, 0.5) is 0 Å². The Labute approximate surface area is 61.3 Å². The van der Waals surface area contributed by atoms with Gasteiger partial charge in [0.05, 0.1) is 0 Å². The van der Waals surface area contributed by atoms with Crippen molar-refractivity contribution in [3.8, 4) is 0 Å². The van der Waals surface area contributed by atoms with E-state index in [4.69, 9.17) is 0 Å². The largest absolute Gasteiger partial charge is 0.391 e. The predicted octanol–water partition coefficient (Wildman–Crippen LogP) is 1.23. The summed E-state index contributed by atoms with van der Waals surface area (Å²) in [4.78, 5) is 11.1. The van der Waals surface area contributed by atoms with E-state index in [-0.39, 0.29) is 5.78 Å². The van der Waals surface area contributed by atoms with Crippen LogP contribution in [0.25, 0.3) is 0 Å². The van der Waals surface area contributed by atoms with Gasteiger partial charge in [0.15, 0.2) is 5.78 Å². The number of nitrogens with one attached hydrogen (secondary N) is 1. The standard InChI is InChI=1S/C8H13NO/c1-2-8(10)7-4-3-5-9-6-7/h6,9H,2-5H2,1H3. The quantitative estimate of drug-likeness (QED) is 0.623. The van der Waals surface area contributed by atoms with Crippen molar-refractivity contribution in [2.45, 2.75) is 26.2 Å². The molecule has 2 heteroatoms. The zero-order valence-electron chi connectivity index (χ0n) is 6.31. The van der Waals surface area contributed by atoms with Crippen LogP contribution in [0.1, 0.15) is 26.2 Å². The molecule has 1 N–H and O–H groups in total. The van der Waals surface area contributed by atoms with Crippen LogP contribution in [-0.2, 0) is 4.79 Å². The fourth-order valence-corrected chi connectivity index (χ4v) is 1.10. The van der Waals surface area contributed by atoms with Crippen molar-refractivity contribution in [3.63, 3.8) is 0 Å². The zero-order valence-corrected chi connectivity index (χ0v) is 6.31. The van der Waals surface area contributed by atoms with E-state index in [0.29, 0.717) is 6.42 Å². The van der Waals surface area contributed by atoms with Gasteiger partial charge in [-0.15, -0.1) is 0 Å². The molecule has 0 fully saturated rings. The molecule has 0 radical (unpaired) electrons. The van der Waals surface area contributed by atoms with Crippen LogP contribution in [0.5, 0.6) is 0 Å². The van der Waals surface area contributed by atoms with Crippen LogP contribution in [0.2, 0.25) is 0 Å². The maximum atomic E-state index is 11.1. The Morgan fingerprint density at radius 3 is 3.10 bits per heavy atom. The van der Waals surface area contributed by atoms with E-state index in [1.54, 1.807) is 0 Å². The molecule has 0 saturated carbocycles. The molecule has 0 aromatic rings. The summed E-state index contributed by atoms with van der Waals surface area (Å²) >= 11 is 0. The number of Topliss-reactive ketones (excluding diaryl/α,β-unsaturated/α-hetero) is 1. The SMILES string of the molecule is CCC(=O)C1=CNCCC1. The lowest BCUT2D eigenvalue weighted by Crippen LogP contribution is -2.17. The topological polar surface area (TPSA) is 29.1 Å². The Bertz CT molecular complexity index is 161. The first kappa shape index (κ1) is 7.32. The van der Waals surface area contributed by atoms with Crippen molar-refractivity contribution < 1.29 is 4.79 Å². The molecule has 0 atom stereocenters. The third-order valence-corrected chi connectivity index (χ3v) is 1.72. The van der Waals surface area contributed by atoms with Gasteiger partial charge >= 0.3 is 0 Å². The van der Waals surface area contributed by atoms with Crippen LogP contribution >= 0.6 is 0 Å². The minimum Gasteiger partial charge on any atom is -0.391 e. The highest BCUT2D eigenvalue weighted by molar-refractivity contribution is 5.95. The Balaban J connectivity index is 2.53. The second-order valence-corrected chi connectivity index (χ2v) is 2.50. The normalized spacial score (nSPS) is 17.5. The molecule has 0 amide bonds. The molecule has 0 bridgehead atoms. The van der Waals surface area contributed by atoms with Crippen LogP contribution in [-0.4, -0.2) is 12.3 Å². The van der Waals surface area contributed by atoms with E-state index in [2.05, 4.69) is 5.32 Å². The third kappa shape index (κ3) is 1.59. The Hall–Kier alpha value is -0.790. The summed E-state index contributed by atoms with van der Waals surface area (Å²) in [5.41, 5.74) is 0.966. The van der Waals surface area contributed by atoms with E-state index < -0.39 is 0 Å². The minimum absolute atomic E-state index is 0.284. The van der Waals surface area contributed by atoms with Gasteiger partial charge in [0, 0.05) is 24.7 Å². The maximum absolute atomic E-state index is 11.1. The minimum atomic E-state index is 0.284. The number of carbonyl (C=O) groups excluding carboxylic acids is 1. The number of hydrogen-bond acceptors (Lipinski definition) is 2. The molecule has 1 heterocycles. The first-order valence-electron chi connectivity index (χ1n) is 3.80. The molecular weight excluding hydrogens is 126 g/mol. The number of carbonyl (C=O) groups is 1. The molecule has 1 rings (SSSR count). The predicted molar refractivity (Wildman–Crippen MR) is 40.6 cm³/mol. The molecule has 1 aliphatic rings. The second kappa shape index (κ2) is 3.40. The average Bonchev–Trinajstić information content (AvgIpc) is 2.05. The van der Waals surface area contributed by atoms with Gasteiger partial charge < -0.3 is 5.32 Å². The molecular formula is C8H13NO. The lowest BCUT2D eigenvalue weighted by molar-refractivity contribution is -0.115. The first-order valence-corrected chi connectivity index (χ1v) is 3.80. The number of rotatable bonds is 2. The molecule has 0 aliphatic carbocycles. The highest BCUT2D eigenvalue weighted by atomic mass is 16.1. The molecule has 0 spiro atoms. The van der Waals surface area contributed by atoms with E-state index in [0.717, 1.165) is 25.0 Å². The van der Waals surface area contributed by atoms with Crippen molar-refractivity contribution in [1.82, 2.24) is 5.32 Å². The lowest BCUT2D eigenvalue weighted by atomic mass is 10.0. The van der Waals surface area contributed by atoms with Crippen LogP contribution in [0.15, 0.2) is 11.8 Å². The van der Waals surface area contributed by atoms with Gasteiger partial charge in [-0.05, 0) is 12.8 Å². The Morgan fingerprint density at radius 1 is 1.80 bits per heavy atom. The Morgan fingerprint density at radius 2 is 2.60 bits per heavy atom. The molecule has 1 aliphatic heterocycles. The van der Waals surface area contributed by atoms with E-state index >= 15 is 0 Å². The van der Waals surface area contributed by atoms with Gasteiger partial charge in [0.25, 0.3) is 0 Å². The summed E-state index contributed by atoms with van der Waals surface area (Å²) in [5.74, 6) is 0.284. The van der Waals surface area contributed by atoms with Gasteiger partial charge in [0.2, 0.25) is 0 Å². The number of allylic oxidation sites excluding steroid dienone is 1. The van der Waals surface area contributed by atoms with Crippen molar-refractivity contribution in [3.05, 3.63) is 11.8 Å². The van der Waals surface area contributed by atoms with E-state index in [9.17, 15) is 4.79 Å². The summed E-state index contributed by atoms with van der Waals surface area (Å²) in [7, 11) is 0. The van der Waals surface area contributed by atoms with E-state index in [1.165, 1.54) is 0 Å². The fraction of sp³-hybridized carbons (Fsp3) is 0.625. The maximum Gasteiger partial charge on any atom is 0.160 e. The molecule has 10 heavy (non-hydrogen) atoms. The fourth-order valence-electron chi connectivity index (χ4n) is 1.10. The highest BCUT2D eigenvalue weighted by Crippen LogP contribution is 2.10. The summed E-state index contributed by atoms with van der Waals surface area (Å²) in [5, 5.41) is 3.07. The first-order chi connectivity index (χ1) is 4.84. The van der Waals surface area contributed by atoms with Crippen LogP contribution < -0.4 is 5.32 Å². The number of ketones is 1. The zero-order chi connectivity index (χ0) is 7.40. The van der Waals surface area contributed by atoms with Crippen LogP contribution in [0, 0.1) is 0 Å². The van der Waals surface area contributed by atoms with Gasteiger partial charge in [0.1, 0.15) is 0 Å². The van der Waals surface area contributed by atoms with Gasteiger partial charge in [-0.3, -0.25) is 4.79 Å². The molecule has 2 nitrogen and oxygen atoms in total. The van der Waals surface area contributed by atoms with Crippen molar-refractivity contribution in [2.24, 2.45) is 0 Å². The average molecular weight is 139 g/mol. The molecule has 0 aromatic carbocycles. The third-order valence-electron chi connectivity index (χ3n) is 1.72. The van der Waals surface area contributed by atoms with Crippen molar-refractivity contribution >= 4 is 5.78 Å².